The first-order valence-corrected chi connectivity index (χ1v) is 12.1. The van der Waals surface area contributed by atoms with Gasteiger partial charge in [0.2, 0.25) is 16.9 Å². The number of methoxy groups -OCH3 is 1. The first-order chi connectivity index (χ1) is 16.5. The van der Waals surface area contributed by atoms with Gasteiger partial charge in [0, 0.05) is 49.9 Å². The molecule has 4 rings (SSSR count). The molecular formula is C24H29N5O4S. The Balaban J connectivity index is 1.40. The van der Waals surface area contributed by atoms with Crippen molar-refractivity contribution in [2.75, 3.05) is 31.6 Å². The van der Waals surface area contributed by atoms with Gasteiger partial charge in [0.1, 0.15) is 17.3 Å². The molecule has 1 aliphatic rings. The van der Waals surface area contributed by atoms with Gasteiger partial charge in [-0.15, -0.1) is 0 Å². The van der Waals surface area contributed by atoms with Crippen molar-refractivity contribution in [2.24, 2.45) is 11.7 Å². The number of amides is 2. The van der Waals surface area contributed by atoms with Crippen LogP contribution in [0.25, 0.3) is 0 Å². The fraction of sp³-hybridized carbons (Fsp3) is 0.417. The van der Waals surface area contributed by atoms with Crippen LogP contribution in [-0.4, -0.2) is 52.8 Å². The third-order valence-electron chi connectivity index (χ3n) is 6.00. The van der Waals surface area contributed by atoms with Gasteiger partial charge in [0.15, 0.2) is 0 Å². The molecule has 0 atom stereocenters. The minimum atomic E-state index is -0.280. The molecule has 3 heterocycles. The number of anilines is 1. The van der Waals surface area contributed by atoms with E-state index in [4.69, 9.17) is 19.9 Å². The second kappa shape index (κ2) is 11.1. The molecule has 1 aliphatic heterocycles. The van der Waals surface area contributed by atoms with Crippen molar-refractivity contribution in [1.82, 2.24) is 14.3 Å². The van der Waals surface area contributed by atoms with E-state index in [1.165, 1.54) is 11.5 Å². The van der Waals surface area contributed by atoms with E-state index in [1.807, 2.05) is 46.2 Å². The van der Waals surface area contributed by atoms with Crippen molar-refractivity contribution in [2.45, 2.75) is 32.2 Å². The summed E-state index contributed by atoms with van der Waals surface area (Å²) in [6, 6.07) is 11.6. The predicted octanol–water partition coefficient (Wildman–Crippen LogP) is 2.85. The zero-order valence-corrected chi connectivity index (χ0v) is 20.0. The maximum absolute atomic E-state index is 12.8. The summed E-state index contributed by atoms with van der Waals surface area (Å²) in [7, 11) is 1.64. The molecule has 0 spiro atoms. The van der Waals surface area contributed by atoms with Crippen LogP contribution < -0.4 is 15.4 Å². The van der Waals surface area contributed by atoms with Gasteiger partial charge in [-0.05, 0) is 42.7 Å². The number of benzene rings is 1. The molecule has 0 aliphatic carbocycles. The SMILES string of the molecule is COc1cccc(Cc2nsc(N(CCC(=O)N3CCC(C(N)=O)CC3)Cc3ccco3)n2)c1. The number of aromatic nitrogens is 2. The maximum atomic E-state index is 12.8. The molecule has 9 nitrogen and oxygen atoms in total. The van der Waals surface area contributed by atoms with Gasteiger partial charge in [-0.1, -0.05) is 12.1 Å². The van der Waals surface area contributed by atoms with Crippen molar-refractivity contribution in [1.29, 1.82) is 0 Å². The van der Waals surface area contributed by atoms with E-state index in [-0.39, 0.29) is 17.7 Å². The number of carbonyl (C=O) groups is 2. The van der Waals surface area contributed by atoms with Crippen molar-refractivity contribution in [3.05, 3.63) is 59.8 Å². The summed E-state index contributed by atoms with van der Waals surface area (Å²) in [5.41, 5.74) is 6.47. The van der Waals surface area contributed by atoms with Gasteiger partial charge in [-0.25, -0.2) is 4.98 Å². The van der Waals surface area contributed by atoms with Crippen molar-refractivity contribution >= 4 is 28.5 Å². The van der Waals surface area contributed by atoms with Crippen LogP contribution in [0.5, 0.6) is 5.75 Å². The highest BCUT2D eigenvalue weighted by molar-refractivity contribution is 7.09. The van der Waals surface area contributed by atoms with Gasteiger partial charge in [-0.2, -0.15) is 4.37 Å². The average Bonchev–Trinajstić information content (AvgIpc) is 3.54. The van der Waals surface area contributed by atoms with Gasteiger partial charge in [0.05, 0.1) is 19.9 Å². The van der Waals surface area contributed by atoms with Crippen LogP contribution in [0.1, 0.15) is 36.4 Å². The highest BCUT2D eigenvalue weighted by Gasteiger charge is 2.26. The lowest BCUT2D eigenvalue weighted by atomic mass is 9.96. The average molecular weight is 484 g/mol. The predicted molar refractivity (Wildman–Crippen MR) is 129 cm³/mol. The molecule has 34 heavy (non-hydrogen) atoms. The van der Waals surface area contributed by atoms with Crippen LogP contribution >= 0.6 is 11.5 Å². The van der Waals surface area contributed by atoms with Crippen molar-refractivity contribution in [3.63, 3.8) is 0 Å². The Morgan fingerprint density at radius 2 is 2.09 bits per heavy atom. The summed E-state index contributed by atoms with van der Waals surface area (Å²) in [6.45, 7) is 2.11. The van der Waals surface area contributed by atoms with Crippen LogP contribution in [0.15, 0.2) is 47.1 Å². The van der Waals surface area contributed by atoms with Gasteiger partial charge in [0.25, 0.3) is 0 Å². The number of piperidine rings is 1. The van der Waals surface area contributed by atoms with E-state index in [2.05, 4.69) is 4.37 Å². The fourth-order valence-electron chi connectivity index (χ4n) is 4.05. The molecule has 0 radical (unpaired) electrons. The molecule has 0 bridgehead atoms. The fourth-order valence-corrected chi connectivity index (χ4v) is 4.76. The zero-order chi connectivity index (χ0) is 23.9. The molecule has 2 aromatic heterocycles. The number of primary amides is 1. The Kier molecular flexibility index (Phi) is 7.79. The lowest BCUT2D eigenvalue weighted by Gasteiger charge is -2.31. The number of ether oxygens (including phenoxy) is 1. The van der Waals surface area contributed by atoms with E-state index >= 15 is 0 Å². The Morgan fingerprint density at radius 1 is 1.26 bits per heavy atom. The largest absolute Gasteiger partial charge is 0.497 e. The van der Waals surface area contributed by atoms with Crippen LogP contribution in [0.4, 0.5) is 5.13 Å². The number of furan rings is 1. The molecule has 0 unspecified atom stereocenters. The summed E-state index contributed by atoms with van der Waals surface area (Å²) >= 11 is 1.32. The molecule has 180 valence electrons. The quantitative estimate of drug-likeness (QED) is 0.471. The van der Waals surface area contributed by atoms with E-state index in [9.17, 15) is 9.59 Å². The Morgan fingerprint density at radius 3 is 2.79 bits per heavy atom. The van der Waals surface area contributed by atoms with Gasteiger partial charge < -0.3 is 24.7 Å². The number of hydrogen-bond acceptors (Lipinski definition) is 8. The smallest absolute Gasteiger partial charge is 0.224 e. The third-order valence-corrected chi connectivity index (χ3v) is 6.81. The van der Waals surface area contributed by atoms with Crippen LogP contribution in [0.2, 0.25) is 0 Å². The topological polar surface area (TPSA) is 115 Å². The summed E-state index contributed by atoms with van der Waals surface area (Å²) in [4.78, 5) is 32.8. The van der Waals surface area contributed by atoms with E-state index in [1.54, 1.807) is 13.4 Å². The Bertz CT molecular complexity index is 1090. The maximum Gasteiger partial charge on any atom is 0.224 e. The lowest BCUT2D eigenvalue weighted by molar-refractivity contribution is -0.134. The van der Waals surface area contributed by atoms with Gasteiger partial charge in [-0.3, -0.25) is 9.59 Å². The summed E-state index contributed by atoms with van der Waals surface area (Å²) in [5.74, 6) is 1.96. The van der Waals surface area contributed by atoms with Gasteiger partial charge >= 0.3 is 0 Å². The summed E-state index contributed by atoms with van der Waals surface area (Å²) in [6.07, 6.45) is 3.82. The summed E-state index contributed by atoms with van der Waals surface area (Å²) in [5, 5.41) is 0.745. The zero-order valence-electron chi connectivity index (χ0n) is 19.2. The first kappa shape index (κ1) is 23.7. The minimum absolute atomic E-state index is 0.0634. The van der Waals surface area contributed by atoms with E-state index in [0.717, 1.165) is 28.0 Å². The monoisotopic (exact) mass is 483 g/mol. The highest BCUT2D eigenvalue weighted by Crippen LogP contribution is 2.24. The molecule has 2 N–H and O–H groups in total. The molecule has 2 amide bonds. The molecule has 1 saturated heterocycles. The minimum Gasteiger partial charge on any atom is -0.497 e. The number of hydrogen-bond donors (Lipinski definition) is 1. The highest BCUT2D eigenvalue weighted by atomic mass is 32.1. The number of carbonyl (C=O) groups excluding carboxylic acids is 2. The Hall–Kier alpha value is -3.40. The molecule has 10 heteroatoms. The standard InChI is InChI=1S/C24H29N5O4S/c1-32-19-5-2-4-17(14-19)15-21-26-24(34-27-21)29(16-20-6-3-13-33-20)12-9-22(30)28-10-7-18(8-11-28)23(25)31/h2-6,13-14,18H,7-12,15-16H2,1H3,(H2,25,31). The summed E-state index contributed by atoms with van der Waals surface area (Å²) < 4.78 is 15.4. The Labute approximate surface area is 202 Å². The van der Waals surface area contributed by atoms with Crippen LogP contribution in [0, 0.1) is 5.92 Å². The molecular weight excluding hydrogens is 454 g/mol. The lowest BCUT2D eigenvalue weighted by Crippen LogP contribution is -2.42. The number of likely N-dealkylation sites (tertiary alicyclic amines) is 1. The number of rotatable bonds is 10. The first-order valence-electron chi connectivity index (χ1n) is 11.3. The van der Waals surface area contributed by atoms with Crippen LogP contribution in [0.3, 0.4) is 0 Å². The molecule has 0 saturated carbocycles. The second-order valence-corrected chi connectivity index (χ2v) is 9.06. The van der Waals surface area contributed by atoms with E-state index < -0.39 is 0 Å². The number of nitrogens with two attached hydrogens (primary N) is 1. The molecule has 1 aromatic carbocycles. The van der Waals surface area contributed by atoms with Crippen molar-refractivity contribution < 1.29 is 18.7 Å². The molecule has 1 fully saturated rings. The van der Waals surface area contributed by atoms with Crippen molar-refractivity contribution in [3.8, 4) is 5.75 Å². The van der Waals surface area contributed by atoms with Crippen LogP contribution in [-0.2, 0) is 22.6 Å². The number of nitrogens with zero attached hydrogens (tertiary/aromatic N) is 4. The second-order valence-electron chi connectivity index (χ2n) is 8.33. The van der Waals surface area contributed by atoms with E-state index in [0.29, 0.717) is 51.9 Å². The third kappa shape index (κ3) is 6.13. The normalized spacial score (nSPS) is 14.2. The molecule has 3 aromatic rings.